The van der Waals surface area contributed by atoms with Crippen molar-refractivity contribution < 1.29 is 9.53 Å². The highest BCUT2D eigenvalue weighted by atomic mass is 16.6. The number of hydrogen-bond acceptors (Lipinski definition) is 4. The Labute approximate surface area is 133 Å². The molecule has 0 aliphatic heterocycles. The van der Waals surface area contributed by atoms with Crippen LogP contribution in [0.15, 0.2) is 24.3 Å². The molecule has 5 heteroatoms. The number of ether oxygens (including phenoxy) is 1. The zero-order chi connectivity index (χ0) is 16.8. The highest BCUT2D eigenvalue weighted by molar-refractivity contribution is 5.67. The summed E-state index contributed by atoms with van der Waals surface area (Å²) in [6, 6.07) is 8.34. The highest BCUT2D eigenvalue weighted by Crippen LogP contribution is 2.11. The number of aryl methyl sites for hydroxylation is 1. The van der Waals surface area contributed by atoms with E-state index in [-0.39, 0.29) is 6.04 Å². The van der Waals surface area contributed by atoms with Crippen LogP contribution in [0, 0.1) is 6.92 Å². The molecular formula is C17H29N3O2. The molecule has 1 aromatic carbocycles. The lowest BCUT2D eigenvalue weighted by molar-refractivity contribution is 0.0511. The maximum atomic E-state index is 11.7. The molecule has 1 aromatic rings. The summed E-state index contributed by atoms with van der Waals surface area (Å²) in [7, 11) is 2.01. The number of rotatable bonds is 6. The topological polar surface area (TPSA) is 67.6 Å². The van der Waals surface area contributed by atoms with Crippen LogP contribution in [0.5, 0.6) is 0 Å². The Hall–Kier alpha value is -1.59. The maximum Gasteiger partial charge on any atom is 0.407 e. The van der Waals surface area contributed by atoms with Crippen molar-refractivity contribution >= 4 is 6.09 Å². The zero-order valence-electron chi connectivity index (χ0n) is 14.3. The summed E-state index contributed by atoms with van der Waals surface area (Å²) in [6.07, 6.45) is -0.407. The van der Waals surface area contributed by atoms with Crippen molar-refractivity contribution in [3.63, 3.8) is 0 Å². The van der Waals surface area contributed by atoms with Gasteiger partial charge in [-0.15, -0.1) is 0 Å². The summed E-state index contributed by atoms with van der Waals surface area (Å²) in [5, 5.41) is 2.79. The molecule has 22 heavy (non-hydrogen) atoms. The van der Waals surface area contributed by atoms with Crippen LogP contribution in [0.1, 0.15) is 31.9 Å². The molecule has 1 unspecified atom stereocenters. The van der Waals surface area contributed by atoms with Crippen molar-refractivity contribution in [3.8, 4) is 0 Å². The number of carbonyl (C=O) groups excluding carboxylic acids is 1. The molecule has 0 fully saturated rings. The summed E-state index contributed by atoms with van der Waals surface area (Å²) < 4.78 is 5.24. The van der Waals surface area contributed by atoms with E-state index in [0.29, 0.717) is 13.1 Å². The molecule has 1 rings (SSSR count). The van der Waals surface area contributed by atoms with Crippen molar-refractivity contribution in [3.05, 3.63) is 35.4 Å². The van der Waals surface area contributed by atoms with Crippen LogP contribution < -0.4 is 11.1 Å². The van der Waals surface area contributed by atoms with Crippen LogP contribution in [0.4, 0.5) is 4.79 Å². The second-order valence-electron chi connectivity index (χ2n) is 6.61. The first-order valence-electron chi connectivity index (χ1n) is 7.64. The molecule has 0 bridgehead atoms. The van der Waals surface area contributed by atoms with Gasteiger partial charge in [0.25, 0.3) is 0 Å². The van der Waals surface area contributed by atoms with Crippen LogP contribution in [-0.2, 0) is 11.3 Å². The molecule has 0 radical (unpaired) electrons. The number of alkyl carbamates (subject to hydrolysis) is 1. The van der Waals surface area contributed by atoms with Gasteiger partial charge in [-0.1, -0.05) is 24.3 Å². The van der Waals surface area contributed by atoms with Gasteiger partial charge in [0.2, 0.25) is 0 Å². The van der Waals surface area contributed by atoms with Crippen LogP contribution >= 0.6 is 0 Å². The quantitative estimate of drug-likeness (QED) is 0.846. The van der Waals surface area contributed by atoms with E-state index in [1.54, 1.807) is 0 Å². The standard InChI is InChI=1S/C17H29N3O2/c1-13-8-6-7-9-14(13)12-20(5)15(10-18)11-19-16(21)22-17(2,3)4/h6-9,15H,10-12,18H2,1-5H3,(H,19,21). The maximum absolute atomic E-state index is 11.7. The molecule has 0 aliphatic carbocycles. The molecule has 0 saturated heterocycles. The summed E-state index contributed by atoms with van der Waals surface area (Å²) in [5.74, 6) is 0. The Morgan fingerprint density at radius 1 is 1.36 bits per heavy atom. The van der Waals surface area contributed by atoms with Gasteiger partial charge < -0.3 is 15.8 Å². The summed E-state index contributed by atoms with van der Waals surface area (Å²) in [5.41, 5.74) is 7.87. The fourth-order valence-electron chi connectivity index (χ4n) is 2.12. The molecule has 0 saturated carbocycles. The van der Waals surface area contributed by atoms with E-state index in [2.05, 4.69) is 29.3 Å². The first-order chi connectivity index (χ1) is 10.2. The minimum atomic E-state index is -0.491. The Bertz CT molecular complexity index is 483. The van der Waals surface area contributed by atoms with Crippen LogP contribution in [0.2, 0.25) is 0 Å². The van der Waals surface area contributed by atoms with Gasteiger partial charge in [-0.25, -0.2) is 4.79 Å². The molecular weight excluding hydrogens is 278 g/mol. The van der Waals surface area contributed by atoms with Gasteiger partial charge >= 0.3 is 6.09 Å². The second-order valence-corrected chi connectivity index (χ2v) is 6.61. The third kappa shape index (κ3) is 6.45. The predicted molar refractivity (Wildman–Crippen MR) is 89.7 cm³/mol. The Balaban J connectivity index is 2.53. The Morgan fingerprint density at radius 2 is 2.00 bits per heavy atom. The summed E-state index contributed by atoms with van der Waals surface area (Å²) in [6.45, 7) is 9.36. The van der Waals surface area contributed by atoms with Crippen LogP contribution in [0.25, 0.3) is 0 Å². The van der Waals surface area contributed by atoms with Gasteiger partial charge in [-0.3, -0.25) is 4.90 Å². The number of hydrogen-bond donors (Lipinski definition) is 2. The highest BCUT2D eigenvalue weighted by Gasteiger charge is 2.19. The molecule has 1 amide bonds. The molecule has 3 N–H and O–H groups in total. The largest absolute Gasteiger partial charge is 0.444 e. The molecule has 0 spiro atoms. The van der Waals surface area contributed by atoms with Crippen molar-refractivity contribution in [2.24, 2.45) is 5.73 Å². The second kappa shape index (κ2) is 8.15. The third-order valence-electron chi connectivity index (χ3n) is 3.46. The summed E-state index contributed by atoms with van der Waals surface area (Å²) >= 11 is 0. The molecule has 1 atom stereocenters. The molecule has 0 aromatic heterocycles. The van der Waals surface area contributed by atoms with E-state index in [1.165, 1.54) is 11.1 Å². The van der Waals surface area contributed by atoms with E-state index in [1.807, 2.05) is 40.0 Å². The average Bonchev–Trinajstić information content (AvgIpc) is 2.40. The third-order valence-corrected chi connectivity index (χ3v) is 3.46. The fourth-order valence-corrected chi connectivity index (χ4v) is 2.12. The van der Waals surface area contributed by atoms with Crippen LogP contribution in [0.3, 0.4) is 0 Å². The number of nitrogens with zero attached hydrogens (tertiary/aromatic N) is 1. The van der Waals surface area contributed by atoms with E-state index in [4.69, 9.17) is 10.5 Å². The molecule has 0 heterocycles. The SMILES string of the molecule is Cc1ccccc1CN(C)C(CN)CNC(=O)OC(C)(C)C. The van der Waals surface area contributed by atoms with Gasteiger partial charge in [-0.05, 0) is 45.9 Å². The van der Waals surface area contributed by atoms with Crippen molar-refractivity contribution in [2.45, 2.75) is 45.9 Å². The molecule has 0 aliphatic rings. The van der Waals surface area contributed by atoms with Crippen molar-refractivity contribution in [2.75, 3.05) is 20.1 Å². The van der Waals surface area contributed by atoms with Gasteiger partial charge in [0.05, 0.1) is 0 Å². The van der Waals surface area contributed by atoms with Gasteiger partial charge in [-0.2, -0.15) is 0 Å². The molecule has 124 valence electrons. The summed E-state index contributed by atoms with van der Waals surface area (Å²) in [4.78, 5) is 13.9. The number of nitrogens with one attached hydrogen (secondary N) is 1. The van der Waals surface area contributed by atoms with E-state index < -0.39 is 11.7 Å². The van der Waals surface area contributed by atoms with E-state index in [0.717, 1.165) is 6.54 Å². The number of benzene rings is 1. The molecule has 5 nitrogen and oxygen atoms in total. The monoisotopic (exact) mass is 307 g/mol. The smallest absolute Gasteiger partial charge is 0.407 e. The van der Waals surface area contributed by atoms with E-state index in [9.17, 15) is 4.79 Å². The first-order valence-corrected chi connectivity index (χ1v) is 7.64. The van der Waals surface area contributed by atoms with Crippen molar-refractivity contribution in [1.82, 2.24) is 10.2 Å². The lowest BCUT2D eigenvalue weighted by Gasteiger charge is -2.28. The first kappa shape index (κ1) is 18.5. The van der Waals surface area contributed by atoms with E-state index >= 15 is 0 Å². The lowest BCUT2D eigenvalue weighted by atomic mass is 10.1. The predicted octanol–water partition coefficient (Wildman–Crippen LogP) is 2.28. The minimum Gasteiger partial charge on any atom is -0.444 e. The average molecular weight is 307 g/mol. The van der Waals surface area contributed by atoms with Crippen molar-refractivity contribution in [1.29, 1.82) is 0 Å². The van der Waals surface area contributed by atoms with Crippen LogP contribution in [-0.4, -0.2) is 42.8 Å². The van der Waals surface area contributed by atoms with Gasteiger partial charge in [0.15, 0.2) is 0 Å². The number of nitrogens with two attached hydrogens (primary N) is 1. The number of carbonyl (C=O) groups is 1. The Kier molecular flexibility index (Phi) is 6.84. The Morgan fingerprint density at radius 3 is 2.55 bits per heavy atom. The number of likely N-dealkylation sites (N-methyl/N-ethyl adjacent to an activating group) is 1. The van der Waals surface area contributed by atoms with Gasteiger partial charge in [0, 0.05) is 25.7 Å². The van der Waals surface area contributed by atoms with Gasteiger partial charge in [0.1, 0.15) is 5.60 Å². The number of amides is 1. The normalized spacial score (nSPS) is 13.0. The minimum absolute atomic E-state index is 0.0622. The zero-order valence-corrected chi connectivity index (χ0v) is 14.3. The lowest BCUT2D eigenvalue weighted by Crippen LogP contribution is -2.47. The fraction of sp³-hybridized carbons (Fsp3) is 0.588.